The molecule has 8 heteroatoms. The van der Waals surface area contributed by atoms with Crippen LogP contribution in [0.1, 0.15) is 26.4 Å². The fraction of sp³-hybridized carbons (Fsp3) is 0.0500. The van der Waals surface area contributed by atoms with Crippen molar-refractivity contribution in [3.8, 4) is 6.07 Å². The molecule has 1 heterocycles. The Bertz CT molecular complexity index is 1080. The standard InChI is InChI=1S/C20H15N5O3/c1-28-20(27)14-5-3-7-16(9-14)24-18-10-17(22-12-23-18)19(26)25-15-6-2-4-13(8-15)11-21/h2-10,12H,1H3,(H,25,26)(H,22,23,24). The van der Waals surface area contributed by atoms with E-state index >= 15 is 0 Å². The molecular weight excluding hydrogens is 358 g/mol. The van der Waals surface area contributed by atoms with Gasteiger partial charge >= 0.3 is 5.97 Å². The van der Waals surface area contributed by atoms with E-state index in [0.29, 0.717) is 28.3 Å². The van der Waals surface area contributed by atoms with Gasteiger partial charge in [0.25, 0.3) is 5.91 Å². The number of ether oxygens (including phenoxy) is 1. The summed E-state index contributed by atoms with van der Waals surface area (Å²) in [7, 11) is 1.31. The first-order valence-corrected chi connectivity index (χ1v) is 8.18. The topological polar surface area (TPSA) is 117 Å². The van der Waals surface area contributed by atoms with Gasteiger partial charge in [-0.25, -0.2) is 14.8 Å². The highest BCUT2D eigenvalue weighted by Gasteiger charge is 2.11. The molecule has 0 spiro atoms. The van der Waals surface area contributed by atoms with Crippen LogP contribution in [0.15, 0.2) is 60.9 Å². The minimum absolute atomic E-state index is 0.143. The van der Waals surface area contributed by atoms with E-state index in [1.807, 2.05) is 6.07 Å². The summed E-state index contributed by atoms with van der Waals surface area (Å²) < 4.78 is 4.70. The predicted octanol–water partition coefficient (Wildman–Crippen LogP) is 3.13. The molecule has 8 nitrogen and oxygen atoms in total. The molecule has 28 heavy (non-hydrogen) atoms. The molecule has 0 unspecified atom stereocenters. The Morgan fingerprint density at radius 3 is 2.61 bits per heavy atom. The molecule has 0 bridgehead atoms. The smallest absolute Gasteiger partial charge is 0.337 e. The fourth-order valence-electron chi connectivity index (χ4n) is 2.40. The number of hydrogen-bond acceptors (Lipinski definition) is 7. The Morgan fingerprint density at radius 2 is 1.82 bits per heavy atom. The van der Waals surface area contributed by atoms with E-state index in [1.165, 1.54) is 19.5 Å². The van der Waals surface area contributed by atoms with Crippen molar-refractivity contribution in [2.75, 3.05) is 17.7 Å². The van der Waals surface area contributed by atoms with Crippen LogP contribution in [0.3, 0.4) is 0 Å². The number of methoxy groups -OCH3 is 1. The van der Waals surface area contributed by atoms with Crippen LogP contribution in [0, 0.1) is 11.3 Å². The second-order valence-electron chi connectivity index (χ2n) is 5.63. The number of hydrogen-bond donors (Lipinski definition) is 2. The average Bonchev–Trinajstić information content (AvgIpc) is 2.73. The number of nitriles is 1. The maximum atomic E-state index is 12.4. The van der Waals surface area contributed by atoms with E-state index in [2.05, 4.69) is 20.6 Å². The van der Waals surface area contributed by atoms with Crippen LogP contribution in [0.5, 0.6) is 0 Å². The van der Waals surface area contributed by atoms with Crippen LogP contribution in [0.4, 0.5) is 17.2 Å². The van der Waals surface area contributed by atoms with E-state index in [-0.39, 0.29) is 5.69 Å². The maximum Gasteiger partial charge on any atom is 0.337 e. The Hall–Kier alpha value is -4.25. The number of rotatable bonds is 5. The number of esters is 1. The van der Waals surface area contributed by atoms with Crippen molar-refractivity contribution in [2.24, 2.45) is 0 Å². The van der Waals surface area contributed by atoms with Gasteiger partial charge in [0.15, 0.2) is 0 Å². The number of aromatic nitrogens is 2. The number of amides is 1. The molecule has 0 atom stereocenters. The molecule has 138 valence electrons. The van der Waals surface area contributed by atoms with Gasteiger partial charge in [0.05, 0.1) is 24.3 Å². The fourth-order valence-corrected chi connectivity index (χ4v) is 2.40. The summed E-state index contributed by atoms with van der Waals surface area (Å²) in [4.78, 5) is 32.1. The Labute approximate surface area is 160 Å². The Balaban J connectivity index is 1.76. The molecule has 1 amide bonds. The quantitative estimate of drug-likeness (QED) is 0.660. The molecule has 0 saturated heterocycles. The largest absolute Gasteiger partial charge is 0.465 e. The van der Waals surface area contributed by atoms with Crippen molar-refractivity contribution in [3.05, 3.63) is 77.7 Å². The van der Waals surface area contributed by atoms with Gasteiger partial charge < -0.3 is 15.4 Å². The molecule has 2 aromatic carbocycles. The predicted molar refractivity (Wildman–Crippen MR) is 102 cm³/mol. The lowest BCUT2D eigenvalue weighted by atomic mass is 10.2. The first-order chi connectivity index (χ1) is 13.6. The molecule has 3 aromatic rings. The van der Waals surface area contributed by atoms with Gasteiger partial charge in [-0.15, -0.1) is 0 Å². The highest BCUT2D eigenvalue weighted by atomic mass is 16.5. The third-order valence-corrected chi connectivity index (χ3v) is 3.71. The zero-order valence-corrected chi connectivity index (χ0v) is 14.8. The van der Waals surface area contributed by atoms with Crippen molar-refractivity contribution in [3.63, 3.8) is 0 Å². The summed E-state index contributed by atoms with van der Waals surface area (Å²) in [5, 5.41) is 14.6. The van der Waals surface area contributed by atoms with Crippen LogP contribution in [0.25, 0.3) is 0 Å². The number of anilines is 3. The lowest BCUT2D eigenvalue weighted by molar-refractivity contribution is 0.0600. The van der Waals surface area contributed by atoms with E-state index < -0.39 is 11.9 Å². The number of benzene rings is 2. The summed E-state index contributed by atoms with van der Waals surface area (Å²) in [5.41, 5.74) is 2.06. The second-order valence-corrected chi connectivity index (χ2v) is 5.63. The first-order valence-electron chi connectivity index (χ1n) is 8.18. The van der Waals surface area contributed by atoms with Crippen molar-refractivity contribution in [2.45, 2.75) is 0 Å². The zero-order chi connectivity index (χ0) is 19.9. The number of carbonyl (C=O) groups excluding carboxylic acids is 2. The van der Waals surface area contributed by atoms with Gasteiger partial charge in [0.1, 0.15) is 17.8 Å². The van der Waals surface area contributed by atoms with Crippen LogP contribution >= 0.6 is 0 Å². The van der Waals surface area contributed by atoms with E-state index in [4.69, 9.17) is 10.00 Å². The molecule has 0 aliphatic heterocycles. The van der Waals surface area contributed by atoms with Crippen molar-refractivity contribution in [1.29, 1.82) is 5.26 Å². The highest BCUT2D eigenvalue weighted by Crippen LogP contribution is 2.17. The molecule has 0 fully saturated rings. The lowest BCUT2D eigenvalue weighted by Gasteiger charge is -2.09. The monoisotopic (exact) mass is 373 g/mol. The molecule has 0 aliphatic carbocycles. The molecule has 3 rings (SSSR count). The maximum absolute atomic E-state index is 12.4. The SMILES string of the molecule is COC(=O)c1cccc(Nc2cc(C(=O)Nc3cccc(C#N)c3)ncn2)c1. The average molecular weight is 373 g/mol. The number of nitrogens with zero attached hydrogens (tertiary/aromatic N) is 3. The van der Waals surface area contributed by atoms with E-state index in [1.54, 1.807) is 48.5 Å². The minimum Gasteiger partial charge on any atom is -0.465 e. The Morgan fingerprint density at radius 1 is 1.04 bits per heavy atom. The summed E-state index contributed by atoms with van der Waals surface area (Å²) in [6, 6.07) is 16.8. The van der Waals surface area contributed by atoms with E-state index in [9.17, 15) is 9.59 Å². The number of carbonyl (C=O) groups is 2. The van der Waals surface area contributed by atoms with Crippen molar-refractivity contribution < 1.29 is 14.3 Å². The number of nitrogens with one attached hydrogen (secondary N) is 2. The highest BCUT2D eigenvalue weighted by molar-refractivity contribution is 6.03. The van der Waals surface area contributed by atoms with Gasteiger partial charge in [-0.05, 0) is 36.4 Å². The van der Waals surface area contributed by atoms with Crippen molar-refractivity contribution in [1.82, 2.24) is 9.97 Å². The van der Waals surface area contributed by atoms with Crippen LogP contribution in [-0.4, -0.2) is 29.0 Å². The van der Waals surface area contributed by atoms with Gasteiger partial charge in [-0.2, -0.15) is 5.26 Å². The summed E-state index contributed by atoms with van der Waals surface area (Å²) in [5.74, 6) is -0.511. The normalized spacial score (nSPS) is 9.86. The lowest BCUT2D eigenvalue weighted by Crippen LogP contribution is -2.14. The van der Waals surface area contributed by atoms with Crippen LogP contribution in [-0.2, 0) is 4.74 Å². The molecule has 0 aliphatic rings. The molecule has 2 N–H and O–H groups in total. The molecule has 0 radical (unpaired) electrons. The van der Waals surface area contributed by atoms with Crippen molar-refractivity contribution >= 4 is 29.1 Å². The molecule has 0 saturated carbocycles. The first kappa shape index (κ1) is 18.5. The van der Waals surface area contributed by atoms with Gasteiger partial charge in [0, 0.05) is 17.4 Å². The molecular formula is C20H15N5O3. The van der Waals surface area contributed by atoms with Crippen LogP contribution in [0.2, 0.25) is 0 Å². The van der Waals surface area contributed by atoms with Gasteiger partial charge in [-0.1, -0.05) is 12.1 Å². The second kappa shape index (κ2) is 8.42. The third kappa shape index (κ3) is 4.47. The zero-order valence-electron chi connectivity index (χ0n) is 14.8. The van der Waals surface area contributed by atoms with Gasteiger partial charge in [-0.3, -0.25) is 4.79 Å². The minimum atomic E-state index is -0.453. The third-order valence-electron chi connectivity index (χ3n) is 3.71. The Kier molecular flexibility index (Phi) is 5.58. The van der Waals surface area contributed by atoms with Crippen LogP contribution < -0.4 is 10.6 Å². The molecule has 1 aromatic heterocycles. The van der Waals surface area contributed by atoms with Gasteiger partial charge in [0.2, 0.25) is 0 Å². The summed E-state index contributed by atoms with van der Waals surface area (Å²) in [6.45, 7) is 0. The summed E-state index contributed by atoms with van der Waals surface area (Å²) >= 11 is 0. The summed E-state index contributed by atoms with van der Waals surface area (Å²) in [6.07, 6.45) is 1.26. The van der Waals surface area contributed by atoms with E-state index in [0.717, 1.165) is 0 Å².